The van der Waals surface area contributed by atoms with Crippen molar-refractivity contribution in [3.8, 4) is 5.75 Å². The Morgan fingerprint density at radius 3 is 2.59 bits per heavy atom. The molecule has 1 heterocycles. The van der Waals surface area contributed by atoms with Gasteiger partial charge in [-0.15, -0.1) is 0 Å². The number of hydrogen-bond donors (Lipinski definition) is 1. The van der Waals surface area contributed by atoms with Crippen molar-refractivity contribution in [1.82, 2.24) is 10.2 Å². The summed E-state index contributed by atoms with van der Waals surface area (Å²) in [6.45, 7) is 0.545. The lowest BCUT2D eigenvalue weighted by Gasteiger charge is -2.25. The Morgan fingerprint density at radius 2 is 1.90 bits per heavy atom. The van der Waals surface area contributed by atoms with Crippen LogP contribution in [0.3, 0.4) is 0 Å². The second-order valence-corrected chi connectivity index (χ2v) is 7.96. The number of fused-ring (bicyclic) bond motifs is 2. The van der Waals surface area contributed by atoms with Gasteiger partial charge in [0.1, 0.15) is 11.3 Å². The molecule has 152 valence electrons. The number of aryl methyl sites for hydroxylation is 2. The standard InChI is InChI=1S/C24H28N2O3/c1-26(2)22(16-7-9-20(28-3)10-8-16)14-25-24(27)13-19-15-29-23-12-18-6-4-5-17(18)11-21(19)23/h7-12,15,22H,4-6,13-14H2,1-3H3,(H,25,27). The molecule has 0 aliphatic heterocycles. The molecule has 29 heavy (non-hydrogen) atoms. The number of amides is 1. The molecule has 0 radical (unpaired) electrons. The molecule has 0 saturated carbocycles. The highest BCUT2D eigenvalue weighted by molar-refractivity contribution is 5.88. The van der Waals surface area contributed by atoms with Crippen LogP contribution in [0.4, 0.5) is 0 Å². The Morgan fingerprint density at radius 1 is 1.17 bits per heavy atom. The number of carbonyl (C=O) groups excluding carboxylic acids is 1. The van der Waals surface area contributed by atoms with Crippen molar-refractivity contribution in [3.63, 3.8) is 0 Å². The second kappa shape index (κ2) is 8.29. The van der Waals surface area contributed by atoms with Crippen LogP contribution in [0.2, 0.25) is 0 Å². The smallest absolute Gasteiger partial charge is 0.224 e. The Labute approximate surface area is 171 Å². The van der Waals surface area contributed by atoms with Gasteiger partial charge in [-0.1, -0.05) is 12.1 Å². The predicted molar refractivity (Wildman–Crippen MR) is 114 cm³/mol. The van der Waals surface area contributed by atoms with E-state index in [1.54, 1.807) is 13.4 Å². The zero-order valence-corrected chi connectivity index (χ0v) is 17.3. The fourth-order valence-corrected chi connectivity index (χ4v) is 4.16. The molecular weight excluding hydrogens is 364 g/mol. The molecule has 1 atom stereocenters. The van der Waals surface area contributed by atoms with Gasteiger partial charge in [0.15, 0.2) is 0 Å². The number of rotatable bonds is 7. The number of furan rings is 1. The highest BCUT2D eigenvalue weighted by atomic mass is 16.5. The molecule has 5 heteroatoms. The molecule has 0 fully saturated rings. The number of carbonyl (C=O) groups is 1. The van der Waals surface area contributed by atoms with Gasteiger partial charge in [-0.3, -0.25) is 4.79 Å². The zero-order chi connectivity index (χ0) is 20.4. The van der Waals surface area contributed by atoms with Gasteiger partial charge in [-0.25, -0.2) is 0 Å². The van der Waals surface area contributed by atoms with Gasteiger partial charge in [0.05, 0.1) is 25.8 Å². The highest BCUT2D eigenvalue weighted by Crippen LogP contribution is 2.30. The minimum atomic E-state index is 0.00793. The molecule has 4 rings (SSSR count). The molecule has 0 saturated heterocycles. The summed E-state index contributed by atoms with van der Waals surface area (Å²) in [6, 6.07) is 12.4. The van der Waals surface area contributed by atoms with E-state index < -0.39 is 0 Å². The maximum absolute atomic E-state index is 12.7. The molecule has 1 aliphatic carbocycles. The number of ether oxygens (including phenoxy) is 1. The summed E-state index contributed by atoms with van der Waals surface area (Å²) in [5.74, 6) is 0.835. The first-order valence-corrected chi connectivity index (χ1v) is 10.1. The average Bonchev–Trinajstić information content (AvgIpc) is 3.33. The summed E-state index contributed by atoms with van der Waals surface area (Å²) in [7, 11) is 5.70. The van der Waals surface area contributed by atoms with Crippen LogP contribution in [-0.2, 0) is 24.1 Å². The van der Waals surface area contributed by atoms with E-state index in [1.165, 1.54) is 17.5 Å². The summed E-state index contributed by atoms with van der Waals surface area (Å²) in [5, 5.41) is 4.16. The van der Waals surface area contributed by atoms with Gasteiger partial charge in [-0.05, 0) is 74.3 Å². The van der Waals surface area contributed by atoms with E-state index in [9.17, 15) is 4.79 Å². The van der Waals surface area contributed by atoms with Crippen molar-refractivity contribution in [3.05, 3.63) is 64.9 Å². The topological polar surface area (TPSA) is 54.7 Å². The van der Waals surface area contributed by atoms with Crippen LogP contribution < -0.4 is 10.1 Å². The lowest BCUT2D eigenvalue weighted by atomic mass is 10.0. The molecular formula is C24H28N2O3. The lowest BCUT2D eigenvalue weighted by Crippen LogP contribution is -2.35. The summed E-state index contributed by atoms with van der Waals surface area (Å²) < 4.78 is 11.0. The molecule has 0 spiro atoms. The second-order valence-electron chi connectivity index (χ2n) is 7.96. The number of hydrogen-bond acceptors (Lipinski definition) is 4. The van der Waals surface area contributed by atoms with E-state index >= 15 is 0 Å². The monoisotopic (exact) mass is 392 g/mol. The van der Waals surface area contributed by atoms with Crippen LogP contribution in [0, 0.1) is 0 Å². The molecule has 0 bridgehead atoms. The first kappa shape index (κ1) is 19.5. The third-order valence-electron chi connectivity index (χ3n) is 5.84. The van der Waals surface area contributed by atoms with Gasteiger partial charge in [0, 0.05) is 17.5 Å². The van der Waals surface area contributed by atoms with Gasteiger partial charge in [-0.2, -0.15) is 0 Å². The van der Waals surface area contributed by atoms with Crippen molar-refractivity contribution in [2.45, 2.75) is 31.7 Å². The molecule has 5 nitrogen and oxygen atoms in total. The summed E-state index contributed by atoms with van der Waals surface area (Å²) in [5.41, 5.74) is 5.76. The van der Waals surface area contributed by atoms with Crippen molar-refractivity contribution in [1.29, 1.82) is 0 Å². The summed E-state index contributed by atoms with van der Waals surface area (Å²) in [4.78, 5) is 14.8. The normalized spacial score (nSPS) is 14.2. The molecule has 1 unspecified atom stereocenters. The van der Waals surface area contributed by atoms with Gasteiger partial charge >= 0.3 is 0 Å². The van der Waals surface area contributed by atoms with Crippen LogP contribution in [0.25, 0.3) is 11.0 Å². The highest BCUT2D eigenvalue weighted by Gasteiger charge is 2.18. The van der Waals surface area contributed by atoms with Gasteiger partial charge < -0.3 is 19.4 Å². The van der Waals surface area contributed by atoms with Crippen molar-refractivity contribution in [2.24, 2.45) is 0 Å². The van der Waals surface area contributed by atoms with Crippen LogP contribution in [-0.4, -0.2) is 38.6 Å². The average molecular weight is 392 g/mol. The first-order valence-electron chi connectivity index (χ1n) is 10.1. The molecule has 2 aromatic carbocycles. The van der Waals surface area contributed by atoms with Crippen LogP contribution in [0.5, 0.6) is 5.75 Å². The number of likely N-dealkylation sites (N-methyl/N-ethyl adjacent to an activating group) is 1. The Balaban J connectivity index is 1.43. The number of methoxy groups -OCH3 is 1. The molecule has 3 aromatic rings. The van der Waals surface area contributed by atoms with Crippen molar-refractivity contribution < 1.29 is 13.9 Å². The maximum atomic E-state index is 12.7. The minimum Gasteiger partial charge on any atom is -0.497 e. The quantitative estimate of drug-likeness (QED) is 0.663. The molecule has 1 amide bonds. The van der Waals surface area contributed by atoms with Crippen LogP contribution in [0.1, 0.15) is 34.7 Å². The maximum Gasteiger partial charge on any atom is 0.224 e. The fourth-order valence-electron chi connectivity index (χ4n) is 4.16. The Kier molecular flexibility index (Phi) is 5.58. The molecule has 1 aromatic heterocycles. The largest absolute Gasteiger partial charge is 0.497 e. The zero-order valence-electron chi connectivity index (χ0n) is 17.3. The molecule has 1 aliphatic rings. The third kappa shape index (κ3) is 4.15. The number of nitrogens with zero attached hydrogens (tertiary/aromatic N) is 1. The number of nitrogens with one attached hydrogen (secondary N) is 1. The third-order valence-corrected chi connectivity index (χ3v) is 5.84. The first-order chi connectivity index (χ1) is 14.0. The van der Waals surface area contributed by atoms with E-state index in [0.717, 1.165) is 40.7 Å². The molecule has 1 N–H and O–H groups in total. The van der Waals surface area contributed by atoms with E-state index in [0.29, 0.717) is 13.0 Å². The Hall–Kier alpha value is -2.79. The predicted octanol–water partition coefficient (Wildman–Crippen LogP) is 3.89. The van der Waals surface area contributed by atoms with Crippen LogP contribution >= 0.6 is 0 Å². The Bertz CT molecular complexity index is 1000. The van der Waals surface area contributed by atoms with Gasteiger partial charge in [0.25, 0.3) is 0 Å². The van der Waals surface area contributed by atoms with Crippen molar-refractivity contribution in [2.75, 3.05) is 27.7 Å². The summed E-state index contributed by atoms with van der Waals surface area (Å²) in [6.07, 6.45) is 5.50. The van der Waals surface area contributed by atoms with Crippen molar-refractivity contribution >= 4 is 16.9 Å². The van der Waals surface area contributed by atoms with Crippen LogP contribution in [0.15, 0.2) is 47.1 Å². The van der Waals surface area contributed by atoms with Gasteiger partial charge in [0.2, 0.25) is 5.91 Å². The summed E-state index contributed by atoms with van der Waals surface area (Å²) >= 11 is 0. The lowest BCUT2D eigenvalue weighted by molar-refractivity contribution is -0.120. The number of benzene rings is 2. The van der Waals surface area contributed by atoms with E-state index in [-0.39, 0.29) is 11.9 Å². The minimum absolute atomic E-state index is 0.00793. The fraction of sp³-hybridized carbons (Fsp3) is 0.375. The SMILES string of the molecule is COc1ccc(C(CNC(=O)Cc2coc3cc4c(cc23)CCC4)N(C)C)cc1. The van der Waals surface area contributed by atoms with E-state index in [2.05, 4.69) is 22.3 Å². The van der Waals surface area contributed by atoms with E-state index in [4.69, 9.17) is 9.15 Å². The van der Waals surface area contributed by atoms with E-state index in [1.807, 2.05) is 38.4 Å².